The Labute approximate surface area is 131 Å². The van der Waals surface area contributed by atoms with Crippen molar-refractivity contribution in [2.45, 2.75) is 0 Å². The van der Waals surface area contributed by atoms with Gasteiger partial charge in [-0.2, -0.15) is 0 Å². The molecule has 0 aromatic heterocycles. The molecule has 2 N–H and O–H groups in total. The fourth-order valence-corrected chi connectivity index (χ4v) is 2.27. The van der Waals surface area contributed by atoms with Crippen molar-refractivity contribution in [3.63, 3.8) is 0 Å². The molecule has 2 aromatic carbocycles. The summed E-state index contributed by atoms with van der Waals surface area (Å²) in [6, 6.07) is 9.10. The Kier molecular flexibility index (Phi) is 4.41. The number of carbonyl (C=O) groups excluding carboxylic acids is 1. The van der Waals surface area contributed by atoms with Gasteiger partial charge in [0.1, 0.15) is 17.3 Å². The molecule has 2 rings (SSSR count). The third kappa shape index (κ3) is 3.44. The Morgan fingerprint density at radius 3 is 2.74 bits per heavy atom. The van der Waals surface area contributed by atoms with Crippen molar-refractivity contribution >= 4 is 44.4 Å². The molecule has 98 valence electrons. The van der Waals surface area contributed by atoms with Crippen LogP contribution in [0.4, 0.5) is 4.39 Å². The molecule has 6 heteroatoms. The molecule has 3 nitrogen and oxygen atoms in total. The second-order valence-electron chi connectivity index (χ2n) is 3.69. The van der Waals surface area contributed by atoms with Crippen LogP contribution in [0.1, 0.15) is 10.4 Å². The Balaban J connectivity index is 2.38. The zero-order valence-corrected chi connectivity index (χ0v) is 13.2. The van der Waals surface area contributed by atoms with E-state index in [1.54, 1.807) is 12.1 Å². The number of primary amides is 1. The zero-order chi connectivity index (χ0) is 14.0. The summed E-state index contributed by atoms with van der Waals surface area (Å²) in [5.74, 6) is -0.481. The van der Waals surface area contributed by atoms with Crippen molar-refractivity contribution in [3.8, 4) is 11.5 Å². The Morgan fingerprint density at radius 1 is 1.32 bits per heavy atom. The van der Waals surface area contributed by atoms with Gasteiger partial charge in [-0.25, -0.2) is 4.39 Å². The van der Waals surface area contributed by atoms with Crippen molar-refractivity contribution < 1.29 is 13.9 Å². The molecule has 1 amide bonds. The van der Waals surface area contributed by atoms with Crippen LogP contribution in [0.15, 0.2) is 40.9 Å². The molecule has 0 spiro atoms. The minimum absolute atomic E-state index is 0.0694. The van der Waals surface area contributed by atoms with E-state index >= 15 is 0 Å². The summed E-state index contributed by atoms with van der Waals surface area (Å²) in [6.07, 6.45) is 0. The number of hydrogen-bond donors (Lipinski definition) is 1. The molecule has 0 atom stereocenters. The Morgan fingerprint density at radius 2 is 2.05 bits per heavy atom. The average Bonchev–Trinajstić information content (AvgIpc) is 2.34. The van der Waals surface area contributed by atoms with Crippen LogP contribution in [0.2, 0.25) is 0 Å². The molecule has 0 heterocycles. The number of amides is 1. The van der Waals surface area contributed by atoms with Crippen LogP contribution in [-0.4, -0.2) is 5.91 Å². The lowest BCUT2D eigenvalue weighted by atomic mass is 10.2. The number of benzene rings is 2. The molecule has 19 heavy (non-hydrogen) atoms. The van der Waals surface area contributed by atoms with E-state index in [0.717, 1.165) is 14.1 Å². The van der Waals surface area contributed by atoms with Gasteiger partial charge < -0.3 is 10.5 Å². The van der Waals surface area contributed by atoms with E-state index in [9.17, 15) is 9.18 Å². The maximum atomic E-state index is 13.4. The number of halogens is 3. The van der Waals surface area contributed by atoms with Gasteiger partial charge in [-0.3, -0.25) is 4.79 Å². The highest BCUT2D eigenvalue weighted by molar-refractivity contribution is 14.1. The number of carbonyl (C=O) groups is 1. The van der Waals surface area contributed by atoms with Crippen molar-refractivity contribution in [3.05, 3.63) is 55.8 Å². The standard InChI is InChI=1S/C13H8BrFINO2/c14-10-2-1-3-11(12(10)16)19-9-5-7(13(17)18)4-8(15)6-9/h1-6H,(H2,17,18). The molecule has 0 saturated heterocycles. The topological polar surface area (TPSA) is 52.3 Å². The van der Waals surface area contributed by atoms with Gasteiger partial charge in [0.25, 0.3) is 0 Å². The zero-order valence-electron chi connectivity index (χ0n) is 9.49. The van der Waals surface area contributed by atoms with Crippen molar-refractivity contribution in [2.24, 2.45) is 5.73 Å². The number of nitrogens with two attached hydrogens (primary N) is 1. The van der Waals surface area contributed by atoms with Gasteiger partial charge >= 0.3 is 0 Å². The average molecular weight is 436 g/mol. The molecule has 2 aromatic rings. The first-order valence-electron chi connectivity index (χ1n) is 5.19. The maximum Gasteiger partial charge on any atom is 0.248 e. The van der Waals surface area contributed by atoms with Gasteiger partial charge in [0.2, 0.25) is 5.91 Å². The van der Waals surface area contributed by atoms with E-state index in [0.29, 0.717) is 5.75 Å². The fourth-order valence-electron chi connectivity index (χ4n) is 1.45. The van der Waals surface area contributed by atoms with Gasteiger partial charge in [-0.15, -0.1) is 0 Å². The predicted molar refractivity (Wildman–Crippen MR) is 81.9 cm³/mol. The number of rotatable bonds is 3. The normalized spacial score (nSPS) is 10.3. The quantitative estimate of drug-likeness (QED) is 0.738. The van der Waals surface area contributed by atoms with Crippen LogP contribution < -0.4 is 10.5 Å². The van der Waals surface area contributed by atoms with Gasteiger partial charge in [0, 0.05) is 16.1 Å². The summed E-state index contributed by atoms with van der Waals surface area (Å²) in [4.78, 5) is 11.1. The third-order valence-electron chi connectivity index (χ3n) is 2.30. The van der Waals surface area contributed by atoms with Crippen LogP contribution >= 0.6 is 38.5 Å². The molecule has 0 unspecified atom stereocenters. The molecule has 0 aliphatic heterocycles. The first-order valence-corrected chi connectivity index (χ1v) is 7.07. The second kappa shape index (κ2) is 5.87. The molecule has 0 aliphatic rings. The lowest BCUT2D eigenvalue weighted by Gasteiger charge is -2.09. The minimum Gasteiger partial charge on any atom is -0.456 e. The Hall–Kier alpha value is -1.15. The van der Waals surface area contributed by atoms with Crippen molar-refractivity contribution in [2.75, 3.05) is 0 Å². The van der Waals surface area contributed by atoms with Crippen LogP contribution in [0.5, 0.6) is 11.5 Å². The highest BCUT2D eigenvalue weighted by atomic mass is 127. The van der Waals surface area contributed by atoms with Gasteiger partial charge in [-0.05, 0) is 62.8 Å². The van der Waals surface area contributed by atoms with E-state index < -0.39 is 11.7 Å². The monoisotopic (exact) mass is 435 g/mol. The molecule has 0 fully saturated rings. The van der Waals surface area contributed by atoms with E-state index in [-0.39, 0.29) is 11.3 Å². The predicted octanol–water partition coefficient (Wildman–Crippen LogP) is 4.08. The van der Waals surface area contributed by atoms with E-state index in [2.05, 4.69) is 38.5 Å². The third-order valence-corrected chi connectivity index (χ3v) is 4.81. The van der Waals surface area contributed by atoms with Crippen LogP contribution in [0, 0.1) is 9.39 Å². The first kappa shape index (κ1) is 14.3. The van der Waals surface area contributed by atoms with Crippen LogP contribution in [-0.2, 0) is 0 Å². The summed E-state index contributed by atoms with van der Waals surface area (Å²) < 4.78 is 20.7. The van der Waals surface area contributed by atoms with Gasteiger partial charge in [0.05, 0.1) is 3.57 Å². The first-order chi connectivity index (χ1) is 8.97. The Bertz CT molecular complexity index is 649. The van der Waals surface area contributed by atoms with Crippen molar-refractivity contribution in [1.29, 1.82) is 0 Å². The van der Waals surface area contributed by atoms with Gasteiger partial charge in [0.15, 0.2) is 0 Å². The summed E-state index contributed by atoms with van der Waals surface area (Å²) in [6.45, 7) is 0. The van der Waals surface area contributed by atoms with E-state index in [1.165, 1.54) is 12.1 Å². The van der Waals surface area contributed by atoms with E-state index in [4.69, 9.17) is 10.5 Å². The SMILES string of the molecule is NC(=O)c1cc(F)cc(Oc2cccc(Br)c2I)c1. The fraction of sp³-hybridized carbons (Fsp3) is 0. The lowest BCUT2D eigenvalue weighted by molar-refractivity contribution is 0.0999. The number of ether oxygens (including phenoxy) is 1. The molecule has 0 radical (unpaired) electrons. The minimum atomic E-state index is -0.701. The van der Waals surface area contributed by atoms with Crippen molar-refractivity contribution in [1.82, 2.24) is 0 Å². The summed E-state index contributed by atoms with van der Waals surface area (Å²) in [5.41, 5.74) is 5.20. The van der Waals surface area contributed by atoms with Gasteiger partial charge in [-0.1, -0.05) is 6.07 Å². The molecular weight excluding hydrogens is 428 g/mol. The molecule has 0 saturated carbocycles. The van der Waals surface area contributed by atoms with Crippen LogP contribution in [0.25, 0.3) is 0 Å². The number of hydrogen-bond acceptors (Lipinski definition) is 2. The molecular formula is C13H8BrFINO2. The second-order valence-corrected chi connectivity index (χ2v) is 5.63. The molecule has 0 aliphatic carbocycles. The highest BCUT2D eigenvalue weighted by Crippen LogP contribution is 2.32. The summed E-state index contributed by atoms with van der Waals surface area (Å²) >= 11 is 5.48. The summed E-state index contributed by atoms with van der Waals surface area (Å²) in [5, 5.41) is 0. The highest BCUT2D eigenvalue weighted by Gasteiger charge is 2.10. The lowest BCUT2D eigenvalue weighted by Crippen LogP contribution is -2.11. The maximum absolute atomic E-state index is 13.4. The van der Waals surface area contributed by atoms with Crippen LogP contribution in [0.3, 0.4) is 0 Å². The van der Waals surface area contributed by atoms with E-state index in [1.807, 2.05) is 6.07 Å². The molecule has 0 bridgehead atoms. The summed E-state index contributed by atoms with van der Waals surface area (Å²) in [7, 11) is 0. The smallest absolute Gasteiger partial charge is 0.248 e. The largest absolute Gasteiger partial charge is 0.456 e.